The lowest BCUT2D eigenvalue weighted by Gasteiger charge is -2.16. The number of aromatic nitrogens is 2. The molecule has 0 fully saturated rings. The summed E-state index contributed by atoms with van der Waals surface area (Å²) in [7, 11) is 3.80. The molecule has 0 saturated heterocycles. The summed E-state index contributed by atoms with van der Waals surface area (Å²) >= 11 is 0. The van der Waals surface area contributed by atoms with Gasteiger partial charge in [-0.1, -0.05) is 12.1 Å². The zero-order valence-electron chi connectivity index (χ0n) is 13.8. The number of carbonyl (C=O) groups excluding carboxylic acids is 1. The summed E-state index contributed by atoms with van der Waals surface area (Å²) in [4.78, 5) is 15.8. The summed E-state index contributed by atoms with van der Waals surface area (Å²) < 4.78 is 7.42. The predicted octanol–water partition coefficient (Wildman–Crippen LogP) is 2.22. The maximum atomic E-state index is 12.3. The van der Waals surface area contributed by atoms with Crippen LogP contribution in [0.3, 0.4) is 0 Å². The second-order valence-corrected chi connectivity index (χ2v) is 5.61. The van der Waals surface area contributed by atoms with Crippen molar-refractivity contribution in [2.24, 2.45) is 7.05 Å². The average molecular weight is 324 g/mol. The maximum Gasteiger partial charge on any atom is 0.264 e. The second-order valence-electron chi connectivity index (χ2n) is 5.61. The van der Waals surface area contributed by atoms with Crippen LogP contribution < -0.4 is 4.74 Å². The molecule has 0 aliphatic carbocycles. The Kier molecular flexibility index (Phi) is 4.65. The number of amides is 1. The quantitative estimate of drug-likeness (QED) is 0.865. The third kappa shape index (κ3) is 3.84. The van der Waals surface area contributed by atoms with Crippen molar-refractivity contribution >= 4 is 5.91 Å². The highest BCUT2D eigenvalue weighted by Gasteiger charge is 2.12. The number of hydrogen-bond acceptors (Lipinski definition) is 4. The molecule has 3 rings (SSSR count). The minimum Gasteiger partial charge on any atom is -0.484 e. The van der Waals surface area contributed by atoms with E-state index in [9.17, 15) is 4.79 Å². The van der Waals surface area contributed by atoms with Crippen molar-refractivity contribution in [3.05, 3.63) is 61.3 Å². The van der Waals surface area contributed by atoms with E-state index in [1.54, 1.807) is 22.0 Å². The van der Waals surface area contributed by atoms with E-state index in [2.05, 4.69) is 5.10 Å². The number of aryl methyl sites for hydroxylation is 1. The first-order chi connectivity index (χ1) is 11.6. The molecule has 1 aliphatic heterocycles. The first kappa shape index (κ1) is 15.9. The summed E-state index contributed by atoms with van der Waals surface area (Å²) in [6.07, 6.45) is 11.2. The van der Waals surface area contributed by atoms with Crippen LogP contribution in [0.4, 0.5) is 0 Å². The van der Waals surface area contributed by atoms with Gasteiger partial charge in [0.1, 0.15) is 5.75 Å². The minimum absolute atomic E-state index is 0.00160. The Labute approximate surface area is 141 Å². The minimum atomic E-state index is -0.0852. The van der Waals surface area contributed by atoms with Crippen molar-refractivity contribution in [2.75, 3.05) is 20.2 Å². The number of benzene rings is 1. The van der Waals surface area contributed by atoms with E-state index in [0.29, 0.717) is 12.3 Å². The second kappa shape index (κ2) is 7.04. The molecule has 0 spiro atoms. The van der Waals surface area contributed by atoms with Crippen molar-refractivity contribution < 1.29 is 9.53 Å². The monoisotopic (exact) mass is 324 g/mol. The molecule has 1 aliphatic rings. The molecular weight excluding hydrogens is 304 g/mol. The molecule has 0 bridgehead atoms. The van der Waals surface area contributed by atoms with Gasteiger partial charge >= 0.3 is 0 Å². The Balaban J connectivity index is 1.63. The van der Waals surface area contributed by atoms with Gasteiger partial charge in [0.25, 0.3) is 5.91 Å². The van der Waals surface area contributed by atoms with Crippen molar-refractivity contribution in [3.63, 3.8) is 0 Å². The molecule has 2 aromatic rings. The highest BCUT2D eigenvalue weighted by atomic mass is 16.5. The molecule has 1 aromatic heterocycles. The Hall–Kier alpha value is -3.02. The van der Waals surface area contributed by atoms with E-state index in [1.807, 2.05) is 67.9 Å². The molecule has 1 amide bonds. The lowest BCUT2D eigenvalue weighted by atomic mass is 10.1. The van der Waals surface area contributed by atoms with Gasteiger partial charge in [0.05, 0.1) is 6.20 Å². The topological polar surface area (TPSA) is 50.6 Å². The first-order valence-electron chi connectivity index (χ1n) is 7.70. The number of ether oxygens (including phenoxy) is 1. The predicted molar refractivity (Wildman–Crippen MR) is 91.9 cm³/mol. The summed E-state index contributed by atoms with van der Waals surface area (Å²) in [6, 6.07) is 7.66. The Morgan fingerprint density at radius 1 is 1.21 bits per heavy atom. The van der Waals surface area contributed by atoms with Crippen LogP contribution in [-0.2, 0) is 11.8 Å². The van der Waals surface area contributed by atoms with Crippen molar-refractivity contribution in [1.82, 2.24) is 19.6 Å². The van der Waals surface area contributed by atoms with Crippen molar-refractivity contribution in [3.8, 4) is 16.9 Å². The molecule has 24 heavy (non-hydrogen) atoms. The van der Waals surface area contributed by atoms with Gasteiger partial charge in [-0.3, -0.25) is 9.48 Å². The SMILES string of the molecule is CN1C=CCN(C(=O)COc2cccc(-c3cnn(C)c3)c2)C=C1. The van der Waals surface area contributed by atoms with Crippen LogP contribution in [0.5, 0.6) is 5.75 Å². The van der Waals surface area contributed by atoms with Crippen molar-refractivity contribution in [2.45, 2.75) is 0 Å². The highest BCUT2D eigenvalue weighted by molar-refractivity contribution is 5.79. The van der Waals surface area contributed by atoms with Crippen LogP contribution in [-0.4, -0.2) is 45.7 Å². The van der Waals surface area contributed by atoms with Crippen LogP contribution in [0.15, 0.2) is 61.3 Å². The molecule has 0 saturated carbocycles. The van der Waals surface area contributed by atoms with E-state index < -0.39 is 0 Å². The fraction of sp³-hybridized carbons (Fsp3) is 0.222. The lowest BCUT2D eigenvalue weighted by molar-refractivity contribution is -0.130. The Morgan fingerprint density at radius 2 is 2.08 bits per heavy atom. The van der Waals surface area contributed by atoms with E-state index in [1.165, 1.54) is 0 Å². The van der Waals surface area contributed by atoms with Crippen molar-refractivity contribution in [1.29, 1.82) is 0 Å². The molecule has 2 heterocycles. The first-order valence-corrected chi connectivity index (χ1v) is 7.70. The number of rotatable bonds is 4. The Bertz CT molecular complexity index is 779. The van der Waals surface area contributed by atoms with Crippen LogP contribution in [0, 0.1) is 0 Å². The summed E-state index contributed by atoms with van der Waals surface area (Å²) in [5.41, 5.74) is 2.02. The molecule has 0 N–H and O–H groups in total. The van der Waals surface area contributed by atoms with Crippen LogP contribution >= 0.6 is 0 Å². The standard InChI is InChI=1S/C18H20N4O2/c1-20-7-4-8-22(10-9-20)18(23)14-24-17-6-3-5-15(11-17)16-12-19-21(2)13-16/h3-7,9-13H,8,14H2,1-2H3. The van der Waals surface area contributed by atoms with Crippen LogP contribution in [0.25, 0.3) is 11.1 Å². The normalized spacial score (nSPS) is 13.9. The molecule has 124 valence electrons. The third-order valence-electron chi connectivity index (χ3n) is 3.68. The van der Waals surface area contributed by atoms with Gasteiger partial charge in [0.2, 0.25) is 0 Å². The molecule has 0 radical (unpaired) electrons. The smallest absolute Gasteiger partial charge is 0.264 e. The van der Waals surface area contributed by atoms with Crippen LogP contribution in [0.2, 0.25) is 0 Å². The van der Waals surface area contributed by atoms with Gasteiger partial charge in [-0.05, 0) is 23.8 Å². The molecule has 6 nitrogen and oxygen atoms in total. The third-order valence-corrected chi connectivity index (χ3v) is 3.68. The van der Waals surface area contributed by atoms with Gasteiger partial charge in [-0.2, -0.15) is 5.10 Å². The van der Waals surface area contributed by atoms with E-state index in [0.717, 1.165) is 11.1 Å². The molecule has 1 aromatic carbocycles. The number of carbonyl (C=O) groups is 1. The van der Waals surface area contributed by atoms with E-state index in [4.69, 9.17) is 4.74 Å². The maximum absolute atomic E-state index is 12.3. The van der Waals surface area contributed by atoms with Gasteiger partial charge in [0.15, 0.2) is 6.61 Å². The van der Waals surface area contributed by atoms with E-state index >= 15 is 0 Å². The van der Waals surface area contributed by atoms with E-state index in [-0.39, 0.29) is 12.5 Å². The van der Waals surface area contributed by atoms with Gasteiger partial charge in [0, 0.05) is 51.0 Å². The zero-order valence-corrected chi connectivity index (χ0v) is 13.8. The fourth-order valence-electron chi connectivity index (χ4n) is 2.37. The molecular formula is C18H20N4O2. The van der Waals surface area contributed by atoms with Gasteiger partial charge in [-0.15, -0.1) is 0 Å². The molecule has 6 heteroatoms. The summed E-state index contributed by atoms with van der Waals surface area (Å²) in [5, 5.41) is 4.17. The number of hydrogen-bond donors (Lipinski definition) is 0. The largest absolute Gasteiger partial charge is 0.484 e. The highest BCUT2D eigenvalue weighted by Crippen LogP contribution is 2.23. The molecule has 0 unspecified atom stereocenters. The summed E-state index contributed by atoms with van der Waals surface area (Å²) in [6.45, 7) is 0.539. The van der Waals surface area contributed by atoms with Gasteiger partial charge < -0.3 is 14.5 Å². The van der Waals surface area contributed by atoms with Gasteiger partial charge in [-0.25, -0.2) is 0 Å². The Morgan fingerprint density at radius 3 is 2.88 bits per heavy atom. The summed E-state index contributed by atoms with van der Waals surface area (Å²) in [5.74, 6) is 0.578. The molecule has 0 atom stereocenters. The lowest BCUT2D eigenvalue weighted by Crippen LogP contribution is -2.30. The zero-order chi connectivity index (χ0) is 16.9. The average Bonchev–Trinajstić information content (AvgIpc) is 2.90. The fourth-order valence-corrected chi connectivity index (χ4v) is 2.37. The number of nitrogens with zero attached hydrogens (tertiary/aromatic N) is 4. The van der Waals surface area contributed by atoms with Crippen LogP contribution in [0.1, 0.15) is 0 Å².